The predicted octanol–water partition coefficient (Wildman–Crippen LogP) is 11.7. The van der Waals surface area contributed by atoms with Crippen LogP contribution < -0.4 is 21.3 Å². The average Bonchev–Trinajstić information content (AvgIpc) is 3.83. The van der Waals surface area contributed by atoms with Crippen LogP contribution in [0.5, 0.6) is 0 Å². The summed E-state index contributed by atoms with van der Waals surface area (Å²) in [7, 11) is 2.16. The molecule has 0 saturated carbocycles. The quantitative estimate of drug-likeness (QED) is 0.0848. The van der Waals surface area contributed by atoms with E-state index < -0.39 is 0 Å². The Morgan fingerprint density at radius 1 is 0.783 bits per heavy atom. The third kappa shape index (κ3) is 7.60. The van der Waals surface area contributed by atoms with Crippen LogP contribution in [0.2, 0.25) is 0 Å². The molecule has 10 rings (SSSR count). The van der Waals surface area contributed by atoms with Gasteiger partial charge in [0, 0.05) is 46.0 Å². The highest BCUT2D eigenvalue weighted by Crippen LogP contribution is 2.54. The van der Waals surface area contributed by atoms with Crippen molar-refractivity contribution >= 4 is 33.6 Å². The SMILES string of the molecule is CCC(NC(NC(NC)C1C=C(C2CC=CCC2c2ccccc2)CNC1n1c2ccccc2c2cc3c(cc21)SC1=CC=CCC13)C1C=CC=CC1)C1=CC(C)CC=C1. The normalized spacial score (nSPS) is 28.6. The molecule has 4 aromatic rings. The molecule has 6 heteroatoms. The first-order valence-electron chi connectivity index (χ1n) is 22.7. The second-order valence-electron chi connectivity index (χ2n) is 17.9. The molecule has 3 heterocycles. The molecule has 0 bridgehead atoms. The van der Waals surface area contributed by atoms with Crippen molar-refractivity contribution in [2.24, 2.45) is 23.7 Å². The minimum atomic E-state index is -0.0321. The summed E-state index contributed by atoms with van der Waals surface area (Å²) in [5, 5.41) is 19.4. The molecule has 6 aliphatic rings. The zero-order chi connectivity index (χ0) is 40.6. The number of para-hydroxylation sites is 1. The van der Waals surface area contributed by atoms with Crippen LogP contribution in [0.25, 0.3) is 21.8 Å². The maximum absolute atomic E-state index is 4.30. The molecular formula is C54H61N5S. The molecule has 0 spiro atoms. The molecule has 3 aromatic carbocycles. The highest BCUT2D eigenvalue weighted by Gasteiger charge is 2.39. The van der Waals surface area contributed by atoms with Gasteiger partial charge < -0.3 is 9.88 Å². The fourth-order valence-electron chi connectivity index (χ4n) is 11.2. The van der Waals surface area contributed by atoms with E-state index in [1.165, 1.54) is 53.9 Å². The lowest BCUT2D eigenvalue weighted by molar-refractivity contribution is 0.186. The van der Waals surface area contributed by atoms with Crippen molar-refractivity contribution in [1.29, 1.82) is 0 Å². The molecule has 60 heavy (non-hydrogen) atoms. The number of thioether (sulfide) groups is 1. The van der Waals surface area contributed by atoms with Gasteiger partial charge in [-0.05, 0) is 103 Å². The molecule has 1 aromatic heterocycles. The first kappa shape index (κ1) is 39.7. The van der Waals surface area contributed by atoms with Gasteiger partial charge in [-0.15, -0.1) is 0 Å². The van der Waals surface area contributed by atoms with Crippen molar-refractivity contribution in [1.82, 2.24) is 25.8 Å². The number of hydrogen-bond donors (Lipinski definition) is 4. The first-order valence-corrected chi connectivity index (χ1v) is 23.6. The standard InChI is InChI=1S/C54H61N5S/c1-4-47(38-23-17-18-35(2)30-38)57-52(37-21-9-6-10-22-37)58-53(55-3)46-31-39(41-25-12-11-24-40(41)36-19-7-5-8-20-36)34-56-54(46)59-48-28-15-13-26-42(48)44-32-45-43-27-14-16-29-50(43)60-51(45)33-49(44)59/h5-17,19-21,23,26,28-33,35,37,40-41,43,46-47,52-58H,4,18,22,24-25,27,34H2,1-3H3. The van der Waals surface area contributed by atoms with Crippen LogP contribution in [0.3, 0.4) is 0 Å². The molecule has 308 valence electrons. The van der Waals surface area contributed by atoms with E-state index in [9.17, 15) is 0 Å². The molecule has 2 aliphatic heterocycles. The van der Waals surface area contributed by atoms with E-state index >= 15 is 0 Å². The van der Waals surface area contributed by atoms with Crippen molar-refractivity contribution in [3.63, 3.8) is 0 Å². The number of rotatable bonds is 12. The van der Waals surface area contributed by atoms with Crippen LogP contribution in [0, 0.1) is 23.7 Å². The monoisotopic (exact) mass is 811 g/mol. The van der Waals surface area contributed by atoms with E-state index in [4.69, 9.17) is 0 Å². The fourth-order valence-corrected chi connectivity index (χ4v) is 12.4. The van der Waals surface area contributed by atoms with Crippen molar-refractivity contribution < 1.29 is 0 Å². The molecule has 0 saturated heterocycles. The number of benzene rings is 3. The lowest BCUT2D eigenvalue weighted by Gasteiger charge is -2.43. The van der Waals surface area contributed by atoms with Gasteiger partial charge in [0.25, 0.3) is 0 Å². The molecular weight excluding hydrogens is 751 g/mol. The lowest BCUT2D eigenvalue weighted by Crippen LogP contribution is -2.61. The Bertz CT molecular complexity index is 2460. The summed E-state index contributed by atoms with van der Waals surface area (Å²) < 4.78 is 2.67. The van der Waals surface area contributed by atoms with Crippen molar-refractivity contribution in [3.8, 4) is 0 Å². The minimum absolute atomic E-state index is 0.0114. The molecule has 4 aliphatic carbocycles. The zero-order valence-electron chi connectivity index (χ0n) is 35.4. The summed E-state index contributed by atoms with van der Waals surface area (Å²) >= 11 is 1.98. The van der Waals surface area contributed by atoms with E-state index in [1.807, 2.05) is 11.8 Å². The Kier molecular flexibility index (Phi) is 11.6. The Hall–Kier alpha value is -4.43. The van der Waals surface area contributed by atoms with Crippen LogP contribution in [0.1, 0.15) is 81.5 Å². The van der Waals surface area contributed by atoms with Gasteiger partial charge in [-0.3, -0.25) is 16.0 Å². The van der Waals surface area contributed by atoms with Crippen LogP contribution in [0.4, 0.5) is 0 Å². The second-order valence-corrected chi connectivity index (χ2v) is 19.0. The smallest absolute Gasteiger partial charge is 0.0939 e. The number of allylic oxidation sites excluding steroid dienone is 11. The molecule has 5 nitrogen and oxygen atoms in total. The van der Waals surface area contributed by atoms with Gasteiger partial charge in [0.1, 0.15) is 0 Å². The van der Waals surface area contributed by atoms with E-state index in [2.05, 4.69) is 192 Å². The Morgan fingerprint density at radius 2 is 1.62 bits per heavy atom. The number of nitrogens with zero attached hydrogens (tertiary/aromatic N) is 1. The highest BCUT2D eigenvalue weighted by molar-refractivity contribution is 8.03. The van der Waals surface area contributed by atoms with Crippen LogP contribution in [0.15, 0.2) is 167 Å². The van der Waals surface area contributed by atoms with E-state index in [0.717, 1.165) is 45.1 Å². The maximum atomic E-state index is 4.30. The highest BCUT2D eigenvalue weighted by atomic mass is 32.2. The van der Waals surface area contributed by atoms with Crippen molar-refractivity contribution in [3.05, 3.63) is 173 Å². The predicted molar refractivity (Wildman–Crippen MR) is 254 cm³/mol. The van der Waals surface area contributed by atoms with Gasteiger partial charge in [-0.1, -0.05) is 159 Å². The minimum Gasteiger partial charge on any atom is -0.323 e. The number of nitrogens with one attached hydrogen (secondary N) is 4. The molecule has 0 fully saturated rings. The van der Waals surface area contributed by atoms with Crippen LogP contribution in [-0.2, 0) is 0 Å². The summed E-state index contributed by atoms with van der Waals surface area (Å²) in [5.74, 6) is 2.33. The van der Waals surface area contributed by atoms with E-state index in [1.54, 1.807) is 0 Å². The van der Waals surface area contributed by atoms with Crippen LogP contribution in [-0.4, -0.2) is 36.5 Å². The Morgan fingerprint density at radius 3 is 2.43 bits per heavy atom. The number of aromatic nitrogens is 1. The van der Waals surface area contributed by atoms with Crippen LogP contribution >= 0.6 is 11.8 Å². The van der Waals surface area contributed by atoms with Gasteiger partial charge in [0.15, 0.2) is 0 Å². The largest absolute Gasteiger partial charge is 0.323 e. The number of hydrogen-bond acceptors (Lipinski definition) is 5. The number of fused-ring (bicyclic) bond motifs is 6. The first-order chi connectivity index (χ1) is 29.6. The van der Waals surface area contributed by atoms with Gasteiger partial charge in [-0.2, -0.15) is 0 Å². The summed E-state index contributed by atoms with van der Waals surface area (Å²) in [5.41, 5.74) is 8.49. The molecule has 0 radical (unpaired) electrons. The van der Waals surface area contributed by atoms with Gasteiger partial charge in [0.2, 0.25) is 0 Å². The fraction of sp³-hybridized carbons (Fsp3) is 0.370. The Balaban J connectivity index is 1.08. The van der Waals surface area contributed by atoms with Gasteiger partial charge >= 0.3 is 0 Å². The van der Waals surface area contributed by atoms with Gasteiger partial charge in [-0.25, -0.2) is 0 Å². The average molecular weight is 812 g/mol. The molecule has 10 unspecified atom stereocenters. The summed E-state index contributed by atoms with van der Waals surface area (Å²) in [6, 6.07) is 25.7. The maximum Gasteiger partial charge on any atom is 0.0939 e. The topological polar surface area (TPSA) is 53.0 Å². The van der Waals surface area contributed by atoms with E-state index in [-0.39, 0.29) is 30.5 Å². The summed E-state index contributed by atoms with van der Waals surface area (Å²) in [6.45, 7) is 5.53. The zero-order valence-corrected chi connectivity index (χ0v) is 36.3. The van der Waals surface area contributed by atoms with Crippen molar-refractivity contribution in [2.75, 3.05) is 13.6 Å². The third-order valence-corrected chi connectivity index (χ3v) is 15.5. The Labute approximate surface area is 361 Å². The molecule has 4 N–H and O–H groups in total. The lowest BCUT2D eigenvalue weighted by atomic mass is 9.73. The van der Waals surface area contributed by atoms with E-state index in [0.29, 0.717) is 29.6 Å². The molecule has 10 atom stereocenters. The second kappa shape index (κ2) is 17.5. The summed E-state index contributed by atoms with van der Waals surface area (Å²) in [6.07, 6.45) is 37.2. The molecule has 0 amide bonds. The summed E-state index contributed by atoms with van der Waals surface area (Å²) in [4.78, 5) is 2.89. The van der Waals surface area contributed by atoms with Crippen molar-refractivity contribution in [2.45, 2.75) is 93.6 Å². The van der Waals surface area contributed by atoms with Gasteiger partial charge in [0.05, 0.1) is 29.5 Å². The third-order valence-electron chi connectivity index (χ3n) is 14.2.